The smallest absolute Gasteiger partial charge is 0.246 e. The number of aryl methyl sites for hydroxylation is 1. The summed E-state index contributed by atoms with van der Waals surface area (Å²) in [5.74, 6) is 2.27. The predicted molar refractivity (Wildman–Crippen MR) is 170 cm³/mol. The zero-order valence-corrected chi connectivity index (χ0v) is 26.4. The van der Waals surface area contributed by atoms with Gasteiger partial charge < -0.3 is 26.0 Å². The third-order valence-electron chi connectivity index (χ3n) is 9.54. The van der Waals surface area contributed by atoms with Gasteiger partial charge >= 0.3 is 0 Å². The molecule has 12 heteroatoms. The topological polar surface area (TPSA) is 144 Å². The van der Waals surface area contributed by atoms with Gasteiger partial charge in [-0.3, -0.25) is 0 Å². The summed E-state index contributed by atoms with van der Waals surface area (Å²) >= 11 is 0. The van der Waals surface area contributed by atoms with Gasteiger partial charge in [0.15, 0.2) is 0 Å². The first-order chi connectivity index (χ1) is 21.1. The summed E-state index contributed by atoms with van der Waals surface area (Å²) in [4.78, 5) is 18.6. The van der Waals surface area contributed by atoms with Crippen LogP contribution in [0, 0.1) is 5.41 Å². The lowest BCUT2D eigenvalue weighted by molar-refractivity contribution is 0.310. The zero-order chi connectivity index (χ0) is 30.6. The summed E-state index contributed by atoms with van der Waals surface area (Å²) in [6, 6.07) is 7.65. The van der Waals surface area contributed by atoms with Gasteiger partial charge in [0.05, 0.1) is 6.54 Å². The van der Waals surface area contributed by atoms with Crippen molar-refractivity contribution in [2.24, 2.45) is 16.9 Å². The minimum atomic E-state index is -3.81. The first kappa shape index (κ1) is 29.4. The highest BCUT2D eigenvalue weighted by Gasteiger charge is 2.36. The second-order valence-corrected chi connectivity index (χ2v) is 15.4. The maximum absolute atomic E-state index is 14.0. The average Bonchev–Trinajstić information content (AvgIpc) is 3.58. The minimum absolute atomic E-state index is 0.00803. The van der Waals surface area contributed by atoms with Gasteiger partial charge in [0.2, 0.25) is 10.0 Å². The van der Waals surface area contributed by atoms with E-state index < -0.39 is 10.0 Å². The molecule has 2 aromatic heterocycles. The molecule has 7 rings (SSSR count). The number of anilines is 2. The molecule has 0 spiro atoms. The van der Waals surface area contributed by atoms with Crippen molar-refractivity contribution in [2.45, 2.75) is 69.5 Å². The molecule has 5 heterocycles. The summed E-state index contributed by atoms with van der Waals surface area (Å²) < 4.78 is 35.7. The maximum atomic E-state index is 14.0. The van der Waals surface area contributed by atoms with Gasteiger partial charge in [-0.1, -0.05) is 19.9 Å². The quantitative estimate of drug-likeness (QED) is 0.438. The van der Waals surface area contributed by atoms with Gasteiger partial charge in [-0.05, 0) is 61.3 Å². The Balaban J connectivity index is 1.24. The number of hydrogen-bond acceptors (Lipinski definition) is 10. The third-order valence-corrected chi connectivity index (χ3v) is 11.4. The highest BCUT2D eigenvalue weighted by Crippen LogP contribution is 2.39. The highest BCUT2D eigenvalue weighted by atomic mass is 32.2. The molecule has 4 N–H and O–H groups in total. The molecule has 234 valence electrons. The SMILES string of the molecule is CC1(C)CCc2ncnc(N3CCOc4ccc(-c5cnc(N6CCC(N)C6)c(S(=O)(=O)N6CCC(N)C6)c5)cc4C3)c2C1. The molecule has 44 heavy (non-hydrogen) atoms. The number of aromatic nitrogens is 3. The van der Waals surface area contributed by atoms with Crippen molar-refractivity contribution in [1.29, 1.82) is 0 Å². The van der Waals surface area contributed by atoms with Crippen LogP contribution in [0.2, 0.25) is 0 Å². The van der Waals surface area contributed by atoms with E-state index in [1.807, 2.05) is 17.0 Å². The fraction of sp³-hybridized carbons (Fsp3) is 0.531. The molecular formula is C32H42N8O3S. The summed E-state index contributed by atoms with van der Waals surface area (Å²) in [7, 11) is -3.81. The van der Waals surface area contributed by atoms with E-state index in [0.717, 1.165) is 59.6 Å². The van der Waals surface area contributed by atoms with E-state index in [9.17, 15) is 8.42 Å². The van der Waals surface area contributed by atoms with Crippen LogP contribution in [0.4, 0.5) is 11.6 Å². The maximum Gasteiger partial charge on any atom is 0.246 e. The van der Waals surface area contributed by atoms with Crippen molar-refractivity contribution in [3.63, 3.8) is 0 Å². The highest BCUT2D eigenvalue weighted by molar-refractivity contribution is 7.89. The van der Waals surface area contributed by atoms with Crippen LogP contribution in [0.15, 0.2) is 41.7 Å². The van der Waals surface area contributed by atoms with Gasteiger partial charge in [-0.2, -0.15) is 4.31 Å². The van der Waals surface area contributed by atoms with Crippen LogP contribution < -0.4 is 26.0 Å². The van der Waals surface area contributed by atoms with Gasteiger partial charge in [0.25, 0.3) is 0 Å². The fourth-order valence-corrected chi connectivity index (χ4v) is 8.70. The first-order valence-electron chi connectivity index (χ1n) is 15.7. The molecule has 0 bridgehead atoms. The molecule has 2 atom stereocenters. The molecule has 0 saturated carbocycles. The van der Waals surface area contributed by atoms with Crippen molar-refractivity contribution in [3.8, 4) is 16.9 Å². The number of benzene rings is 1. The molecule has 4 aliphatic rings. The molecule has 3 aliphatic heterocycles. The number of ether oxygens (including phenoxy) is 1. The predicted octanol–water partition coefficient (Wildman–Crippen LogP) is 2.71. The Morgan fingerprint density at radius 3 is 2.52 bits per heavy atom. The lowest BCUT2D eigenvalue weighted by atomic mass is 9.76. The molecule has 1 aliphatic carbocycles. The number of pyridine rings is 1. The van der Waals surface area contributed by atoms with Crippen molar-refractivity contribution in [2.75, 3.05) is 49.1 Å². The fourth-order valence-electron chi connectivity index (χ4n) is 7.00. The Morgan fingerprint density at radius 1 is 0.932 bits per heavy atom. The van der Waals surface area contributed by atoms with Crippen LogP contribution in [0.25, 0.3) is 11.1 Å². The number of sulfonamides is 1. The Kier molecular flexibility index (Phi) is 7.51. The molecule has 1 aromatic carbocycles. The second-order valence-electron chi connectivity index (χ2n) is 13.5. The lowest BCUT2D eigenvalue weighted by Crippen LogP contribution is -2.34. The van der Waals surface area contributed by atoms with Crippen LogP contribution in [-0.2, 0) is 29.4 Å². The molecule has 2 fully saturated rings. The molecule has 2 saturated heterocycles. The van der Waals surface area contributed by atoms with Crippen molar-refractivity contribution < 1.29 is 13.2 Å². The summed E-state index contributed by atoms with van der Waals surface area (Å²) in [5, 5.41) is 0. The third kappa shape index (κ3) is 5.53. The Hall–Kier alpha value is -3.32. The second kappa shape index (κ2) is 11.2. The van der Waals surface area contributed by atoms with E-state index in [4.69, 9.17) is 26.2 Å². The van der Waals surface area contributed by atoms with E-state index in [-0.39, 0.29) is 22.4 Å². The molecule has 0 amide bonds. The van der Waals surface area contributed by atoms with Gasteiger partial charge in [0, 0.05) is 73.4 Å². The summed E-state index contributed by atoms with van der Waals surface area (Å²) in [6.07, 6.45) is 7.92. The van der Waals surface area contributed by atoms with Gasteiger partial charge in [0.1, 0.15) is 35.2 Å². The summed E-state index contributed by atoms with van der Waals surface area (Å²) in [5.41, 5.74) is 17.5. The number of fused-ring (bicyclic) bond motifs is 2. The van der Waals surface area contributed by atoms with E-state index in [1.165, 1.54) is 9.87 Å². The molecule has 2 unspecified atom stereocenters. The van der Waals surface area contributed by atoms with Gasteiger partial charge in [-0.15, -0.1) is 0 Å². The largest absolute Gasteiger partial charge is 0.491 e. The lowest BCUT2D eigenvalue weighted by Gasteiger charge is -2.33. The van der Waals surface area contributed by atoms with E-state index in [2.05, 4.69) is 29.8 Å². The number of nitrogens with two attached hydrogens (primary N) is 2. The van der Waals surface area contributed by atoms with Crippen LogP contribution in [0.3, 0.4) is 0 Å². The molecule has 3 aromatic rings. The van der Waals surface area contributed by atoms with Crippen molar-refractivity contribution in [3.05, 3.63) is 53.6 Å². The Bertz CT molecular complexity index is 1680. The molecular weight excluding hydrogens is 576 g/mol. The van der Waals surface area contributed by atoms with E-state index >= 15 is 0 Å². The van der Waals surface area contributed by atoms with Crippen LogP contribution in [0.5, 0.6) is 5.75 Å². The van der Waals surface area contributed by atoms with E-state index in [0.29, 0.717) is 58.1 Å². The summed E-state index contributed by atoms with van der Waals surface area (Å²) in [6.45, 7) is 8.46. The average molecular weight is 619 g/mol. The van der Waals surface area contributed by atoms with Crippen LogP contribution in [-0.4, -0.2) is 79.1 Å². The number of nitrogens with zero attached hydrogens (tertiary/aromatic N) is 6. The first-order valence-corrected chi connectivity index (χ1v) is 17.1. The normalized spacial score (nSPS) is 23.6. The molecule has 0 radical (unpaired) electrons. The standard InChI is InChI=1S/C32H42N8O3S/c1-32(2)8-5-27-26(15-32)30(37-20-36-27)39-11-12-43-28-4-3-21(13-23(28)17-39)22-14-29(44(41,42)40-10-7-25(34)19-40)31(35-16-22)38-9-6-24(33)18-38/h3-4,13-14,16,20,24-25H,5-12,15,17-19,33-34H2,1-2H3. The van der Waals surface area contributed by atoms with Gasteiger partial charge in [-0.25, -0.2) is 23.4 Å². The van der Waals surface area contributed by atoms with Crippen LogP contribution >= 0.6 is 0 Å². The number of rotatable bonds is 5. The minimum Gasteiger partial charge on any atom is -0.491 e. The van der Waals surface area contributed by atoms with E-state index in [1.54, 1.807) is 18.6 Å². The van der Waals surface area contributed by atoms with Crippen molar-refractivity contribution in [1.82, 2.24) is 19.3 Å². The van der Waals surface area contributed by atoms with Crippen LogP contribution in [0.1, 0.15) is 49.9 Å². The number of hydrogen-bond donors (Lipinski definition) is 2. The Labute approximate surface area is 259 Å². The Morgan fingerprint density at radius 2 is 1.75 bits per heavy atom. The monoisotopic (exact) mass is 618 g/mol. The molecule has 11 nitrogen and oxygen atoms in total. The zero-order valence-electron chi connectivity index (χ0n) is 25.6. The van der Waals surface area contributed by atoms with Crippen molar-refractivity contribution >= 4 is 21.7 Å².